The van der Waals surface area contributed by atoms with Crippen molar-refractivity contribution in [3.63, 3.8) is 0 Å². The number of methoxy groups -OCH3 is 2. The van der Waals surface area contributed by atoms with Crippen molar-refractivity contribution >= 4 is 0 Å². The monoisotopic (exact) mass is 178 g/mol. The summed E-state index contributed by atoms with van der Waals surface area (Å²) in [5, 5.41) is 8.77. The van der Waals surface area contributed by atoms with E-state index in [4.69, 9.17) is 19.3 Å². The van der Waals surface area contributed by atoms with Crippen LogP contribution in [0.4, 0.5) is 0 Å². The predicted molar refractivity (Wildman–Crippen MR) is 44.9 cm³/mol. The number of aliphatic hydroxyl groups excluding tert-OH is 1. The van der Waals surface area contributed by atoms with E-state index in [2.05, 4.69) is 0 Å². The Morgan fingerprint density at radius 3 is 2.33 bits per heavy atom. The van der Waals surface area contributed by atoms with Crippen molar-refractivity contribution in [1.82, 2.24) is 0 Å². The van der Waals surface area contributed by atoms with Crippen molar-refractivity contribution < 1.29 is 19.3 Å². The van der Waals surface area contributed by atoms with Crippen LogP contribution in [0.15, 0.2) is 0 Å². The normalized spacial score (nSPS) is 16.0. The minimum absolute atomic E-state index is 0.0250. The topological polar surface area (TPSA) is 47.9 Å². The average molecular weight is 178 g/mol. The summed E-state index contributed by atoms with van der Waals surface area (Å²) in [6.07, 6.45) is 0.422. The van der Waals surface area contributed by atoms with Crippen LogP contribution in [0.5, 0.6) is 0 Å². The summed E-state index contributed by atoms with van der Waals surface area (Å²) in [6.45, 7) is 2.77. The second kappa shape index (κ2) is 6.37. The van der Waals surface area contributed by atoms with Crippen LogP contribution < -0.4 is 0 Å². The zero-order valence-corrected chi connectivity index (χ0v) is 8.00. The van der Waals surface area contributed by atoms with E-state index in [0.717, 1.165) is 0 Å². The molecule has 12 heavy (non-hydrogen) atoms. The van der Waals surface area contributed by atoms with E-state index in [-0.39, 0.29) is 6.61 Å². The van der Waals surface area contributed by atoms with Crippen LogP contribution in [0.1, 0.15) is 13.3 Å². The van der Waals surface area contributed by atoms with Crippen LogP contribution >= 0.6 is 0 Å². The molecule has 0 saturated heterocycles. The second-order valence-electron chi connectivity index (χ2n) is 2.45. The molecule has 0 aliphatic heterocycles. The van der Waals surface area contributed by atoms with Crippen molar-refractivity contribution in [3.8, 4) is 0 Å². The third-order valence-corrected chi connectivity index (χ3v) is 1.64. The van der Waals surface area contributed by atoms with Gasteiger partial charge in [-0.2, -0.15) is 0 Å². The summed E-state index contributed by atoms with van der Waals surface area (Å²) in [7, 11) is 3.12. The third kappa shape index (κ3) is 3.49. The quantitative estimate of drug-likeness (QED) is 0.573. The fraction of sp³-hybridized carbons (Fsp3) is 1.00. The molecule has 0 amide bonds. The first-order valence-electron chi connectivity index (χ1n) is 4.03. The van der Waals surface area contributed by atoms with Gasteiger partial charge < -0.3 is 19.3 Å². The van der Waals surface area contributed by atoms with Gasteiger partial charge in [0.05, 0.1) is 0 Å². The minimum Gasteiger partial charge on any atom is -0.396 e. The standard InChI is InChI=1S/C8H18O4/c1-4-12-8(11-3,5-6-9)7-10-2/h9H,4-7H2,1-3H3. The van der Waals surface area contributed by atoms with Crippen LogP contribution in [0.2, 0.25) is 0 Å². The number of hydrogen-bond acceptors (Lipinski definition) is 4. The lowest BCUT2D eigenvalue weighted by molar-refractivity contribution is -0.249. The molecule has 0 aliphatic carbocycles. The fourth-order valence-electron chi connectivity index (χ4n) is 1.06. The van der Waals surface area contributed by atoms with Crippen LogP contribution in [0, 0.1) is 0 Å². The molecule has 0 bridgehead atoms. The summed E-state index contributed by atoms with van der Waals surface area (Å²) in [6, 6.07) is 0. The molecule has 0 aliphatic rings. The largest absolute Gasteiger partial charge is 0.396 e. The molecule has 0 aromatic rings. The Bertz CT molecular complexity index is 88.2. The lowest BCUT2D eigenvalue weighted by atomic mass is 10.2. The number of aliphatic hydroxyl groups is 1. The van der Waals surface area contributed by atoms with E-state index in [1.165, 1.54) is 0 Å². The Morgan fingerprint density at radius 2 is 2.00 bits per heavy atom. The van der Waals surface area contributed by atoms with Gasteiger partial charge in [0.25, 0.3) is 0 Å². The zero-order valence-electron chi connectivity index (χ0n) is 8.00. The van der Waals surface area contributed by atoms with Gasteiger partial charge in [-0.15, -0.1) is 0 Å². The average Bonchev–Trinajstić information content (AvgIpc) is 2.06. The van der Waals surface area contributed by atoms with E-state index in [1.54, 1.807) is 14.2 Å². The van der Waals surface area contributed by atoms with Crippen molar-refractivity contribution in [2.75, 3.05) is 34.0 Å². The van der Waals surface area contributed by atoms with Gasteiger partial charge in [-0.25, -0.2) is 0 Å². The molecule has 4 nitrogen and oxygen atoms in total. The SMILES string of the molecule is CCOC(CCO)(COC)OC. The van der Waals surface area contributed by atoms with E-state index in [9.17, 15) is 0 Å². The highest BCUT2D eigenvalue weighted by Crippen LogP contribution is 2.16. The first-order valence-corrected chi connectivity index (χ1v) is 4.03. The Labute approximate surface area is 73.4 Å². The molecular weight excluding hydrogens is 160 g/mol. The summed E-state index contributed by atoms with van der Waals surface area (Å²) >= 11 is 0. The third-order valence-electron chi connectivity index (χ3n) is 1.64. The van der Waals surface area contributed by atoms with Crippen molar-refractivity contribution in [2.45, 2.75) is 19.1 Å². The first kappa shape index (κ1) is 11.8. The Hall–Kier alpha value is -0.160. The van der Waals surface area contributed by atoms with Crippen molar-refractivity contribution in [2.24, 2.45) is 0 Å². The Balaban J connectivity index is 4.06. The van der Waals surface area contributed by atoms with E-state index in [1.807, 2.05) is 6.92 Å². The zero-order chi connectivity index (χ0) is 9.45. The van der Waals surface area contributed by atoms with Gasteiger partial charge in [-0.05, 0) is 6.92 Å². The lowest BCUT2D eigenvalue weighted by Gasteiger charge is -2.30. The van der Waals surface area contributed by atoms with Gasteiger partial charge in [0.1, 0.15) is 6.61 Å². The molecule has 0 rings (SSSR count). The number of rotatable bonds is 7. The molecule has 0 radical (unpaired) electrons. The minimum atomic E-state index is -0.780. The van der Waals surface area contributed by atoms with Crippen LogP contribution in [0.3, 0.4) is 0 Å². The first-order chi connectivity index (χ1) is 5.74. The summed E-state index contributed by atoms with van der Waals surface area (Å²) < 4.78 is 15.4. The van der Waals surface area contributed by atoms with Gasteiger partial charge >= 0.3 is 0 Å². The van der Waals surface area contributed by atoms with Crippen LogP contribution in [-0.2, 0) is 14.2 Å². The molecule has 74 valence electrons. The molecule has 0 saturated carbocycles. The summed E-state index contributed by atoms with van der Waals surface area (Å²) in [5.41, 5.74) is 0. The highest BCUT2D eigenvalue weighted by atomic mass is 16.7. The van der Waals surface area contributed by atoms with Gasteiger partial charge in [0.15, 0.2) is 5.79 Å². The Kier molecular flexibility index (Phi) is 6.28. The van der Waals surface area contributed by atoms with Crippen molar-refractivity contribution in [1.29, 1.82) is 0 Å². The van der Waals surface area contributed by atoms with Crippen LogP contribution in [-0.4, -0.2) is 44.9 Å². The molecule has 1 unspecified atom stereocenters. The van der Waals surface area contributed by atoms with E-state index >= 15 is 0 Å². The molecular formula is C8H18O4. The molecule has 1 N–H and O–H groups in total. The molecule has 0 heterocycles. The molecule has 0 spiro atoms. The van der Waals surface area contributed by atoms with Gasteiger partial charge in [-0.3, -0.25) is 0 Å². The molecule has 0 aromatic carbocycles. The lowest BCUT2D eigenvalue weighted by Crippen LogP contribution is -2.40. The number of hydrogen-bond donors (Lipinski definition) is 1. The van der Waals surface area contributed by atoms with E-state index < -0.39 is 5.79 Å². The maximum atomic E-state index is 8.77. The summed E-state index contributed by atoms with van der Waals surface area (Å²) in [5.74, 6) is -0.780. The molecule has 1 atom stereocenters. The summed E-state index contributed by atoms with van der Waals surface area (Å²) in [4.78, 5) is 0. The maximum Gasteiger partial charge on any atom is 0.193 e. The molecule has 0 aromatic heterocycles. The predicted octanol–water partition coefficient (Wildman–Crippen LogP) is 0.394. The Morgan fingerprint density at radius 1 is 1.33 bits per heavy atom. The highest BCUT2D eigenvalue weighted by molar-refractivity contribution is 4.67. The fourth-order valence-corrected chi connectivity index (χ4v) is 1.06. The van der Waals surface area contributed by atoms with Gasteiger partial charge in [0.2, 0.25) is 0 Å². The second-order valence-corrected chi connectivity index (χ2v) is 2.45. The number of ether oxygens (including phenoxy) is 3. The maximum absolute atomic E-state index is 8.77. The van der Waals surface area contributed by atoms with Crippen LogP contribution in [0.25, 0.3) is 0 Å². The molecule has 4 heteroatoms. The van der Waals surface area contributed by atoms with Gasteiger partial charge in [-0.1, -0.05) is 0 Å². The van der Waals surface area contributed by atoms with Gasteiger partial charge in [0, 0.05) is 33.9 Å². The highest BCUT2D eigenvalue weighted by Gasteiger charge is 2.29. The molecule has 0 fully saturated rings. The van der Waals surface area contributed by atoms with E-state index in [0.29, 0.717) is 19.6 Å². The smallest absolute Gasteiger partial charge is 0.193 e. The van der Waals surface area contributed by atoms with Crippen molar-refractivity contribution in [3.05, 3.63) is 0 Å².